The fraction of sp³-hybridized carbons (Fsp3) is 0.125. The zero-order valence-corrected chi connectivity index (χ0v) is 8.25. The van der Waals surface area contributed by atoms with Gasteiger partial charge in [-0.05, 0) is 6.07 Å². The van der Waals surface area contributed by atoms with Crippen LogP contribution in [0.1, 0.15) is 28.2 Å². The van der Waals surface area contributed by atoms with E-state index in [9.17, 15) is 13.6 Å². The van der Waals surface area contributed by atoms with E-state index in [4.69, 9.17) is 5.26 Å². The highest BCUT2D eigenvalue weighted by atomic mass is 79.9. The average Bonchev–Trinajstić information content (AvgIpc) is 2.15. The van der Waals surface area contributed by atoms with Gasteiger partial charge in [-0.15, -0.1) is 0 Å². The number of halogens is 3. The summed E-state index contributed by atoms with van der Waals surface area (Å²) in [4.78, 5) is 13.8. The second-order valence-electron chi connectivity index (χ2n) is 2.32. The van der Waals surface area contributed by atoms with E-state index >= 15 is 0 Å². The maximum absolute atomic E-state index is 12.4. The second kappa shape index (κ2) is 4.24. The van der Waals surface area contributed by atoms with Crippen LogP contribution in [-0.4, -0.2) is 11.3 Å². The third-order valence-corrected chi connectivity index (χ3v) is 2.13. The third kappa shape index (κ3) is 1.93. The Morgan fingerprint density at radius 1 is 1.64 bits per heavy atom. The first-order valence-corrected chi connectivity index (χ1v) is 4.23. The Balaban J connectivity index is 3.44. The molecule has 0 aliphatic rings. The van der Waals surface area contributed by atoms with Crippen LogP contribution in [0.25, 0.3) is 0 Å². The molecule has 0 aromatic carbocycles. The summed E-state index contributed by atoms with van der Waals surface area (Å²) in [7, 11) is 0. The molecule has 14 heavy (non-hydrogen) atoms. The molecule has 6 heteroatoms. The van der Waals surface area contributed by atoms with Gasteiger partial charge in [-0.2, -0.15) is 5.26 Å². The van der Waals surface area contributed by atoms with Crippen molar-refractivity contribution in [2.24, 2.45) is 0 Å². The zero-order valence-electron chi connectivity index (χ0n) is 6.67. The lowest BCUT2D eigenvalue weighted by molar-refractivity contribution is 0.111. The van der Waals surface area contributed by atoms with Gasteiger partial charge in [-0.1, -0.05) is 15.9 Å². The summed E-state index contributed by atoms with van der Waals surface area (Å²) in [5.41, 5.74) is -0.979. The molecule has 1 heterocycles. The Morgan fingerprint density at radius 3 is 2.71 bits per heavy atom. The minimum absolute atomic E-state index is 0.0150. The van der Waals surface area contributed by atoms with Crippen LogP contribution in [0.15, 0.2) is 10.5 Å². The molecule has 0 atom stereocenters. The molecular formula is C8H3BrF2N2O. The first-order valence-electron chi connectivity index (χ1n) is 3.44. The molecule has 0 aliphatic carbocycles. The lowest BCUT2D eigenvalue weighted by atomic mass is 10.2. The molecule has 0 fully saturated rings. The van der Waals surface area contributed by atoms with Crippen molar-refractivity contribution in [3.8, 4) is 6.07 Å². The molecule has 0 radical (unpaired) electrons. The molecule has 1 aromatic rings. The molecule has 0 saturated heterocycles. The third-order valence-electron chi connectivity index (χ3n) is 1.47. The van der Waals surface area contributed by atoms with Gasteiger partial charge in [0.15, 0.2) is 12.0 Å². The van der Waals surface area contributed by atoms with E-state index < -0.39 is 17.7 Å². The maximum atomic E-state index is 12.4. The van der Waals surface area contributed by atoms with Crippen LogP contribution in [0.3, 0.4) is 0 Å². The standard InChI is InChI=1S/C8H3BrF2N2O/c9-5-1-4(3-14)13-6(2-12)7(5)8(10)11/h1,3,8H. The van der Waals surface area contributed by atoms with Crippen LogP contribution in [0.5, 0.6) is 0 Å². The second-order valence-corrected chi connectivity index (χ2v) is 3.18. The van der Waals surface area contributed by atoms with Crippen molar-refractivity contribution in [3.63, 3.8) is 0 Å². The van der Waals surface area contributed by atoms with Gasteiger partial charge in [-0.25, -0.2) is 13.8 Å². The van der Waals surface area contributed by atoms with Crippen molar-refractivity contribution in [2.45, 2.75) is 6.43 Å². The number of rotatable bonds is 2. The smallest absolute Gasteiger partial charge is 0.267 e. The summed E-state index contributed by atoms with van der Waals surface area (Å²) in [6.45, 7) is 0. The molecule has 0 unspecified atom stereocenters. The predicted octanol–water partition coefficient (Wildman–Crippen LogP) is 2.47. The molecule has 0 spiro atoms. The number of nitriles is 1. The van der Waals surface area contributed by atoms with Crippen LogP contribution >= 0.6 is 15.9 Å². The zero-order chi connectivity index (χ0) is 10.7. The van der Waals surface area contributed by atoms with Gasteiger partial charge in [0.25, 0.3) is 6.43 Å². The first-order chi connectivity index (χ1) is 6.60. The number of carbonyl (C=O) groups excluding carboxylic acids is 1. The number of hydrogen-bond acceptors (Lipinski definition) is 3. The highest BCUT2D eigenvalue weighted by Crippen LogP contribution is 2.29. The Bertz CT molecular complexity index is 415. The summed E-state index contributed by atoms with van der Waals surface area (Å²) in [5.74, 6) is 0. The SMILES string of the molecule is N#Cc1nc(C=O)cc(Br)c1C(F)F. The fourth-order valence-corrected chi connectivity index (χ4v) is 1.49. The van der Waals surface area contributed by atoms with E-state index in [2.05, 4.69) is 20.9 Å². The molecular weight excluding hydrogens is 258 g/mol. The molecule has 0 saturated carbocycles. The van der Waals surface area contributed by atoms with Gasteiger partial charge >= 0.3 is 0 Å². The molecule has 1 aromatic heterocycles. The van der Waals surface area contributed by atoms with E-state index in [0.29, 0.717) is 6.29 Å². The van der Waals surface area contributed by atoms with Crippen LogP contribution in [0.4, 0.5) is 8.78 Å². The molecule has 0 N–H and O–H groups in total. The summed E-state index contributed by atoms with van der Waals surface area (Å²) in [6.07, 6.45) is -2.41. The van der Waals surface area contributed by atoms with E-state index in [-0.39, 0.29) is 10.2 Å². The molecule has 0 amide bonds. The molecule has 72 valence electrons. The highest BCUT2D eigenvalue weighted by Gasteiger charge is 2.19. The number of alkyl halides is 2. The van der Waals surface area contributed by atoms with E-state index in [1.807, 2.05) is 0 Å². The number of nitrogens with zero attached hydrogens (tertiary/aromatic N) is 2. The van der Waals surface area contributed by atoms with Crippen molar-refractivity contribution in [1.29, 1.82) is 5.26 Å². The van der Waals surface area contributed by atoms with Crippen molar-refractivity contribution in [1.82, 2.24) is 4.98 Å². The van der Waals surface area contributed by atoms with Crippen molar-refractivity contribution < 1.29 is 13.6 Å². The number of aldehydes is 1. The lowest BCUT2D eigenvalue weighted by Gasteiger charge is -2.04. The predicted molar refractivity (Wildman–Crippen MR) is 47.0 cm³/mol. The van der Waals surface area contributed by atoms with Crippen LogP contribution in [0.2, 0.25) is 0 Å². The maximum Gasteiger partial charge on any atom is 0.267 e. The van der Waals surface area contributed by atoms with E-state index in [1.54, 1.807) is 0 Å². The number of hydrogen-bond donors (Lipinski definition) is 0. The summed E-state index contributed by atoms with van der Waals surface area (Å²) in [6, 6.07) is 2.66. The van der Waals surface area contributed by atoms with Gasteiger partial charge < -0.3 is 0 Å². The quantitative estimate of drug-likeness (QED) is 0.768. The lowest BCUT2D eigenvalue weighted by Crippen LogP contribution is -1.99. The Hall–Kier alpha value is -1.35. The monoisotopic (exact) mass is 260 g/mol. The summed E-state index contributed by atoms with van der Waals surface area (Å²) in [5, 5.41) is 8.53. The summed E-state index contributed by atoms with van der Waals surface area (Å²) < 4.78 is 24.8. The van der Waals surface area contributed by atoms with Gasteiger partial charge in [0.1, 0.15) is 11.8 Å². The van der Waals surface area contributed by atoms with Gasteiger partial charge in [0, 0.05) is 4.47 Å². The highest BCUT2D eigenvalue weighted by molar-refractivity contribution is 9.10. The minimum atomic E-state index is -2.80. The topological polar surface area (TPSA) is 53.8 Å². The van der Waals surface area contributed by atoms with Crippen LogP contribution in [0, 0.1) is 11.3 Å². The largest absolute Gasteiger partial charge is 0.296 e. The average molecular weight is 261 g/mol. The Morgan fingerprint density at radius 2 is 2.29 bits per heavy atom. The Kier molecular flexibility index (Phi) is 3.25. The Labute approximate surface area is 86.5 Å². The fourth-order valence-electron chi connectivity index (χ4n) is 0.895. The van der Waals surface area contributed by atoms with Crippen molar-refractivity contribution in [3.05, 3.63) is 27.5 Å². The van der Waals surface area contributed by atoms with Gasteiger partial charge in [0.2, 0.25) is 0 Å². The first kappa shape index (κ1) is 10.7. The van der Waals surface area contributed by atoms with Crippen molar-refractivity contribution in [2.75, 3.05) is 0 Å². The van der Waals surface area contributed by atoms with Crippen LogP contribution in [-0.2, 0) is 0 Å². The van der Waals surface area contributed by atoms with Gasteiger partial charge in [-0.3, -0.25) is 4.79 Å². The molecule has 1 rings (SSSR count). The van der Waals surface area contributed by atoms with Crippen LogP contribution < -0.4 is 0 Å². The molecule has 0 bridgehead atoms. The molecule has 3 nitrogen and oxygen atoms in total. The van der Waals surface area contributed by atoms with Gasteiger partial charge in [0.05, 0.1) is 5.56 Å². The summed E-state index contributed by atoms with van der Waals surface area (Å²) >= 11 is 2.85. The number of aromatic nitrogens is 1. The molecule has 0 aliphatic heterocycles. The van der Waals surface area contributed by atoms with E-state index in [1.165, 1.54) is 6.07 Å². The normalized spacial score (nSPS) is 9.93. The number of pyridine rings is 1. The van der Waals surface area contributed by atoms with Crippen molar-refractivity contribution >= 4 is 22.2 Å². The van der Waals surface area contributed by atoms with E-state index in [0.717, 1.165) is 6.07 Å². The minimum Gasteiger partial charge on any atom is -0.296 e. The number of carbonyl (C=O) groups is 1.